The normalized spacial score (nSPS) is 10.6. The highest BCUT2D eigenvalue weighted by molar-refractivity contribution is 6.29. The first kappa shape index (κ1) is 15.7. The van der Waals surface area contributed by atoms with E-state index in [1.165, 1.54) is 0 Å². The van der Waals surface area contributed by atoms with E-state index in [-0.39, 0.29) is 0 Å². The van der Waals surface area contributed by atoms with Gasteiger partial charge in [-0.25, -0.2) is 9.97 Å². The van der Waals surface area contributed by atoms with Gasteiger partial charge in [0.2, 0.25) is 0 Å². The summed E-state index contributed by atoms with van der Waals surface area (Å²) in [6.45, 7) is 1.58. The van der Waals surface area contributed by atoms with Crippen LogP contribution in [0.5, 0.6) is 0 Å². The molecule has 0 aliphatic rings. The molecule has 112 valence electrons. The summed E-state index contributed by atoms with van der Waals surface area (Å²) in [7, 11) is 3.28. The van der Waals surface area contributed by atoms with Crippen molar-refractivity contribution in [3.05, 3.63) is 52.4 Å². The molecule has 0 unspecified atom stereocenters. The van der Waals surface area contributed by atoms with Gasteiger partial charge in [0.25, 0.3) is 0 Å². The molecule has 1 aromatic carbocycles. The van der Waals surface area contributed by atoms with Crippen molar-refractivity contribution >= 4 is 17.4 Å². The zero-order valence-corrected chi connectivity index (χ0v) is 12.9. The summed E-state index contributed by atoms with van der Waals surface area (Å²) in [5, 5.41) is 3.63. The van der Waals surface area contributed by atoms with Crippen LogP contribution in [-0.2, 0) is 29.2 Å². The lowest BCUT2D eigenvalue weighted by Crippen LogP contribution is -2.05. The van der Waals surface area contributed by atoms with Crippen LogP contribution in [0.2, 0.25) is 5.15 Å². The van der Waals surface area contributed by atoms with E-state index in [1.807, 2.05) is 18.2 Å². The lowest BCUT2D eigenvalue weighted by atomic mass is 10.1. The SMILES string of the molecule is COCc1cccc(CNc2cc(Cl)nc(COC)n2)c1. The third kappa shape index (κ3) is 4.97. The molecule has 0 atom stereocenters. The van der Waals surface area contributed by atoms with Gasteiger partial charge in [0.15, 0.2) is 5.82 Å². The van der Waals surface area contributed by atoms with E-state index < -0.39 is 0 Å². The Morgan fingerprint density at radius 2 is 1.81 bits per heavy atom. The van der Waals surface area contributed by atoms with E-state index in [0.717, 1.165) is 11.1 Å². The second kappa shape index (κ2) is 7.93. The summed E-state index contributed by atoms with van der Waals surface area (Å²) < 4.78 is 10.1. The number of benzene rings is 1. The van der Waals surface area contributed by atoms with Gasteiger partial charge in [-0.3, -0.25) is 0 Å². The van der Waals surface area contributed by atoms with Crippen LogP contribution in [0.4, 0.5) is 5.82 Å². The van der Waals surface area contributed by atoms with Crippen molar-refractivity contribution in [2.45, 2.75) is 19.8 Å². The van der Waals surface area contributed by atoms with Gasteiger partial charge >= 0.3 is 0 Å². The van der Waals surface area contributed by atoms with Gasteiger partial charge in [0.05, 0.1) is 6.61 Å². The molecular weight excluding hydrogens is 290 g/mol. The largest absolute Gasteiger partial charge is 0.380 e. The summed E-state index contributed by atoms with van der Waals surface area (Å²) in [5.74, 6) is 1.24. The first-order valence-corrected chi connectivity index (χ1v) is 6.92. The van der Waals surface area contributed by atoms with Gasteiger partial charge in [0.1, 0.15) is 17.6 Å². The lowest BCUT2D eigenvalue weighted by molar-refractivity contribution is 0.178. The molecule has 5 nitrogen and oxygen atoms in total. The van der Waals surface area contributed by atoms with E-state index in [2.05, 4.69) is 21.4 Å². The number of hydrogen-bond donors (Lipinski definition) is 1. The molecular formula is C15H18ClN3O2. The second-order valence-corrected chi connectivity index (χ2v) is 4.92. The van der Waals surface area contributed by atoms with Crippen molar-refractivity contribution in [2.24, 2.45) is 0 Å². The topological polar surface area (TPSA) is 56.3 Å². The molecule has 1 N–H and O–H groups in total. The van der Waals surface area contributed by atoms with E-state index in [9.17, 15) is 0 Å². The number of anilines is 1. The van der Waals surface area contributed by atoms with Crippen LogP contribution in [0.3, 0.4) is 0 Å². The van der Waals surface area contributed by atoms with E-state index >= 15 is 0 Å². The Kier molecular flexibility index (Phi) is 5.92. The fourth-order valence-corrected chi connectivity index (χ4v) is 2.14. The van der Waals surface area contributed by atoms with Crippen LogP contribution in [-0.4, -0.2) is 24.2 Å². The fourth-order valence-electron chi connectivity index (χ4n) is 1.94. The number of rotatable bonds is 7. The Labute approximate surface area is 129 Å². The van der Waals surface area contributed by atoms with Crippen molar-refractivity contribution < 1.29 is 9.47 Å². The number of hydrogen-bond acceptors (Lipinski definition) is 5. The van der Waals surface area contributed by atoms with Gasteiger partial charge in [-0.15, -0.1) is 0 Å². The van der Waals surface area contributed by atoms with Crippen molar-refractivity contribution in [3.8, 4) is 0 Å². The highest BCUT2D eigenvalue weighted by Gasteiger charge is 2.03. The zero-order valence-electron chi connectivity index (χ0n) is 12.1. The fraction of sp³-hybridized carbons (Fsp3) is 0.333. The van der Waals surface area contributed by atoms with Gasteiger partial charge < -0.3 is 14.8 Å². The number of methoxy groups -OCH3 is 2. The Balaban J connectivity index is 2.03. The quantitative estimate of drug-likeness (QED) is 0.797. The van der Waals surface area contributed by atoms with Crippen LogP contribution in [0, 0.1) is 0 Å². The zero-order chi connectivity index (χ0) is 15.1. The maximum absolute atomic E-state index is 5.97. The molecule has 0 saturated carbocycles. The molecule has 2 rings (SSSR count). The molecule has 6 heteroatoms. The second-order valence-electron chi connectivity index (χ2n) is 4.53. The molecule has 1 heterocycles. The molecule has 0 bridgehead atoms. The Morgan fingerprint density at radius 1 is 1.05 bits per heavy atom. The van der Waals surface area contributed by atoms with Gasteiger partial charge in [0, 0.05) is 26.8 Å². The number of halogens is 1. The first-order chi connectivity index (χ1) is 10.2. The maximum atomic E-state index is 5.97. The third-order valence-corrected chi connectivity index (χ3v) is 2.98. The smallest absolute Gasteiger partial charge is 0.158 e. The van der Waals surface area contributed by atoms with Crippen LogP contribution in [0.1, 0.15) is 17.0 Å². The predicted octanol–water partition coefficient (Wildman–Crippen LogP) is 3.03. The minimum Gasteiger partial charge on any atom is -0.380 e. The number of aromatic nitrogens is 2. The van der Waals surface area contributed by atoms with E-state index in [0.29, 0.717) is 36.6 Å². The maximum Gasteiger partial charge on any atom is 0.158 e. The highest BCUT2D eigenvalue weighted by atomic mass is 35.5. The molecule has 0 radical (unpaired) electrons. The number of nitrogens with zero attached hydrogens (tertiary/aromatic N) is 2. The molecule has 0 fully saturated rings. The van der Waals surface area contributed by atoms with Crippen molar-refractivity contribution in [3.63, 3.8) is 0 Å². The Morgan fingerprint density at radius 3 is 2.57 bits per heavy atom. The van der Waals surface area contributed by atoms with Crippen LogP contribution in [0.25, 0.3) is 0 Å². The first-order valence-electron chi connectivity index (χ1n) is 6.54. The van der Waals surface area contributed by atoms with E-state index in [4.69, 9.17) is 21.1 Å². The third-order valence-electron chi connectivity index (χ3n) is 2.79. The molecule has 1 aromatic heterocycles. The number of ether oxygens (including phenoxy) is 2. The molecule has 0 amide bonds. The van der Waals surface area contributed by atoms with Gasteiger partial charge in [-0.2, -0.15) is 0 Å². The molecule has 2 aromatic rings. The van der Waals surface area contributed by atoms with Gasteiger partial charge in [-0.05, 0) is 11.1 Å². The minimum absolute atomic E-state index is 0.332. The van der Waals surface area contributed by atoms with Gasteiger partial charge in [-0.1, -0.05) is 35.9 Å². The van der Waals surface area contributed by atoms with Crippen molar-refractivity contribution in [2.75, 3.05) is 19.5 Å². The number of nitrogens with one attached hydrogen (secondary N) is 1. The highest BCUT2D eigenvalue weighted by Crippen LogP contribution is 2.14. The van der Waals surface area contributed by atoms with Crippen molar-refractivity contribution in [1.29, 1.82) is 0 Å². The standard InChI is InChI=1S/C15H18ClN3O2/c1-20-9-12-5-3-4-11(6-12)8-17-14-7-13(16)18-15(19-14)10-21-2/h3-7H,8-10H2,1-2H3,(H,17,18,19). The molecule has 0 spiro atoms. The van der Waals surface area contributed by atoms with Crippen LogP contribution >= 0.6 is 11.6 Å². The molecule has 0 aliphatic carbocycles. The monoisotopic (exact) mass is 307 g/mol. The summed E-state index contributed by atoms with van der Waals surface area (Å²) >= 11 is 5.97. The summed E-state index contributed by atoms with van der Waals surface area (Å²) in [5.41, 5.74) is 2.28. The minimum atomic E-state index is 0.332. The predicted molar refractivity (Wildman–Crippen MR) is 82.2 cm³/mol. The summed E-state index contributed by atoms with van der Waals surface area (Å²) in [6, 6.07) is 9.88. The average molecular weight is 308 g/mol. The van der Waals surface area contributed by atoms with Crippen LogP contribution in [0.15, 0.2) is 30.3 Å². The van der Waals surface area contributed by atoms with E-state index in [1.54, 1.807) is 20.3 Å². The van der Waals surface area contributed by atoms with Crippen molar-refractivity contribution in [1.82, 2.24) is 9.97 Å². The summed E-state index contributed by atoms with van der Waals surface area (Å²) in [6.07, 6.45) is 0. The Hall–Kier alpha value is -1.69. The average Bonchev–Trinajstić information content (AvgIpc) is 2.46. The molecule has 0 aliphatic heterocycles. The van der Waals surface area contributed by atoms with Crippen LogP contribution < -0.4 is 5.32 Å². The molecule has 21 heavy (non-hydrogen) atoms. The molecule has 0 saturated heterocycles. The summed E-state index contributed by atoms with van der Waals surface area (Å²) in [4.78, 5) is 8.43. The lowest BCUT2D eigenvalue weighted by Gasteiger charge is -2.09. The Bertz CT molecular complexity index is 593.